The molecule has 0 atom stereocenters. The Balaban J connectivity index is 1.69. The number of anilines is 1. The molecule has 1 heterocycles. The highest BCUT2D eigenvalue weighted by atomic mass is 79.9. The van der Waals surface area contributed by atoms with Gasteiger partial charge in [-0.05, 0) is 35.9 Å². The smallest absolute Gasteiger partial charge is 0.364 e. The van der Waals surface area contributed by atoms with Crippen molar-refractivity contribution in [3.05, 3.63) is 88.9 Å². The Bertz CT molecular complexity index is 1190. The molecular formula is C22H17BrN4O2. The van der Waals surface area contributed by atoms with Crippen LogP contribution in [-0.4, -0.2) is 15.7 Å². The second-order valence-corrected chi connectivity index (χ2v) is 7.32. The van der Waals surface area contributed by atoms with Gasteiger partial charge in [0.25, 0.3) is 0 Å². The van der Waals surface area contributed by atoms with Crippen LogP contribution in [0.4, 0.5) is 16.2 Å². The van der Waals surface area contributed by atoms with Crippen LogP contribution >= 0.6 is 15.9 Å². The van der Waals surface area contributed by atoms with Gasteiger partial charge in [0.2, 0.25) is 5.88 Å². The first-order valence-electron chi connectivity index (χ1n) is 8.94. The highest BCUT2D eigenvalue weighted by Gasteiger charge is 2.17. The number of urea groups is 1. The zero-order valence-electron chi connectivity index (χ0n) is 15.3. The summed E-state index contributed by atoms with van der Waals surface area (Å²) < 4.78 is 2.59. The number of carbonyl (C=O) groups excluding carboxylic acids is 1. The van der Waals surface area contributed by atoms with Gasteiger partial charge < -0.3 is 15.0 Å². The monoisotopic (exact) mass is 448 g/mol. The summed E-state index contributed by atoms with van der Waals surface area (Å²) in [6.07, 6.45) is 0. The Morgan fingerprint density at radius 3 is 2.41 bits per heavy atom. The minimum absolute atomic E-state index is 0.0433. The van der Waals surface area contributed by atoms with Crippen molar-refractivity contribution >= 4 is 44.2 Å². The van der Waals surface area contributed by atoms with Crippen molar-refractivity contribution in [2.24, 2.45) is 10.2 Å². The van der Waals surface area contributed by atoms with Crippen LogP contribution in [0, 0.1) is 0 Å². The average Bonchev–Trinajstić information content (AvgIpc) is 2.98. The SMILES string of the molecule is O=C(N=Nc1c(O)n(Cc2ccccc2)c2ccc(Br)cc12)Nc1ccccc1. The van der Waals surface area contributed by atoms with Crippen LogP contribution in [0.25, 0.3) is 10.9 Å². The summed E-state index contributed by atoms with van der Waals surface area (Å²) in [7, 11) is 0. The summed E-state index contributed by atoms with van der Waals surface area (Å²) in [4.78, 5) is 12.1. The van der Waals surface area contributed by atoms with Gasteiger partial charge in [0.1, 0.15) is 0 Å². The van der Waals surface area contributed by atoms with E-state index in [-0.39, 0.29) is 11.6 Å². The maximum absolute atomic E-state index is 12.1. The second-order valence-electron chi connectivity index (χ2n) is 6.40. The van der Waals surface area contributed by atoms with Crippen LogP contribution in [0.3, 0.4) is 0 Å². The molecule has 29 heavy (non-hydrogen) atoms. The Labute approximate surface area is 175 Å². The number of azo groups is 1. The lowest BCUT2D eigenvalue weighted by molar-refractivity contribution is 0.258. The number of hydrogen-bond donors (Lipinski definition) is 2. The largest absolute Gasteiger partial charge is 0.493 e. The fraction of sp³-hybridized carbons (Fsp3) is 0.0455. The van der Waals surface area contributed by atoms with Crippen molar-refractivity contribution in [1.29, 1.82) is 0 Å². The van der Waals surface area contributed by atoms with E-state index in [4.69, 9.17) is 0 Å². The average molecular weight is 449 g/mol. The Morgan fingerprint density at radius 2 is 1.69 bits per heavy atom. The van der Waals surface area contributed by atoms with Gasteiger partial charge in [-0.3, -0.25) is 0 Å². The van der Waals surface area contributed by atoms with Gasteiger partial charge in [0.15, 0.2) is 5.69 Å². The molecule has 4 aromatic rings. The molecule has 0 aliphatic heterocycles. The Kier molecular flexibility index (Phi) is 5.39. The van der Waals surface area contributed by atoms with Crippen LogP contribution < -0.4 is 5.32 Å². The third-order valence-electron chi connectivity index (χ3n) is 4.42. The lowest BCUT2D eigenvalue weighted by Crippen LogP contribution is -2.04. The lowest BCUT2D eigenvalue weighted by atomic mass is 10.2. The van der Waals surface area contributed by atoms with Crippen molar-refractivity contribution in [3.8, 4) is 5.88 Å². The summed E-state index contributed by atoms with van der Waals surface area (Å²) in [5, 5.41) is 22.0. The number of amides is 2. The van der Waals surface area contributed by atoms with Crippen molar-refractivity contribution in [2.45, 2.75) is 6.54 Å². The summed E-state index contributed by atoms with van der Waals surface area (Å²) in [5.41, 5.74) is 2.70. The van der Waals surface area contributed by atoms with E-state index in [9.17, 15) is 9.90 Å². The number of rotatable bonds is 4. The van der Waals surface area contributed by atoms with Crippen molar-refractivity contribution < 1.29 is 9.90 Å². The minimum atomic E-state index is -0.616. The van der Waals surface area contributed by atoms with Crippen LogP contribution in [-0.2, 0) is 6.54 Å². The molecule has 0 bridgehead atoms. The molecule has 7 heteroatoms. The number of aromatic hydroxyl groups is 1. The van der Waals surface area contributed by atoms with Crippen LogP contribution in [0.15, 0.2) is 93.6 Å². The van der Waals surface area contributed by atoms with E-state index in [0.717, 1.165) is 15.6 Å². The predicted molar refractivity (Wildman–Crippen MR) is 117 cm³/mol. The number of hydrogen-bond acceptors (Lipinski definition) is 3. The molecule has 1 aromatic heterocycles. The number of para-hydroxylation sites is 1. The maximum atomic E-state index is 12.1. The molecule has 0 radical (unpaired) electrons. The van der Waals surface area contributed by atoms with Gasteiger partial charge in [0, 0.05) is 15.5 Å². The Morgan fingerprint density at radius 1 is 1.00 bits per heavy atom. The van der Waals surface area contributed by atoms with Gasteiger partial charge in [-0.15, -0.1) is 5.11 Å². The number of benzene rings is 3. The van der Waals surface area contributed by atoms with Crippen molar-refractivity contribution in [2.75, 3.05) is 5.32 Å². The van der Waals surface area contributed by atoms with Crippen molar-refractivity contribution in [1.82, 2.24) is 4.57 Å². The molecule has 6 nitrogen and oxygen atoms in total. The molecule has 2 amide bonds. The van der Waals surface area contributed by atoms with E-state index in [1.807, 2.05) is 66.7 Å². The molecule has 0 unspecified atom stereocenters. The molecular weight excluding hydrogens is 432 g/mol. The number of carbonyl (C=O) groups is 1. The number of halogens is 1. The molecule has 3 aromatic carbocycles. The lowest BCUT2D eigenvalue weighted by Gasteiger charge is -2.07. The van der Waals surface area contributed by atoms with Crippen LogP contribution in [0.1, 0.15) is 5.56 Å². The highest BCUT2D eigenvalue weighted by molar-refractivity contribution is 9.10. The Hall–Kier alpha value is -3.45. The molecule has 4 rings (SSSR count). The topological polar surface area (TPSA) is 79.0 Å². The summed E-state index contributed by atoms with van der Waals surface area (Å²) >= 11 is 3.45. The number of aromatic nitrogens is 1. The number of nitrogens with zero attached hydrogens (tertiary/aromatic N) is 3. The molecule has 0 saturated carbocycles. The normalized spacial score (nSPS) is 11.2. The minimum Gasteiger partial charge on any atom is -0.493 e. The molecule has 0 aliphatic rings. The fourth-order valence-electron chi connectivity index (χ4n) is 3.09. The predicted octanol–water partition coefficient (Wildman–Crippen LogP) is 6.47. The first kappa shape index (κ1) is 18.9. The van der Waals surface area contributed by atoms with Gasteiger partial charge in [0.05, 0.1) is 12.1 Å². The highest BCUT2D eigenvalue weighted by Crippen LogP contribution is 2.40. The first-order chi connectivity index (χ1) is 14.1. The van der Waals surface area contributed by atoms with E-state index < -0.39 is 6.03 Å². The quantitative estimate of drug-likeness (QED) is 0.350. The first-order valence-corrected chi connectivity index (χ1v) is 9.73. The van der Waals surface area contributed by atoms with Crippen molar-refractivity contribution in [3.63, 3.8) is 0 Å². The van der Waals surface area contributed by atoms with Crippen LogP contribution in [0.2, 0.25) is 0 Å². The third-order valence-corrected chi connectivity index (χ3v) is 4.91. The number of nitrogens with one attached hydrogen (secondary N) is 1. The standard InChI is InChI=1S/C22H17BrN4O2/c23-16-11-12-19-18(13-16)20(21(28)27(19)14-15-7-3-1-4-8-15)25-26-22(29)24-17-9-5-2-6-10-17/h1-13,28H,14H2,(H,24,29). The number of fused-ring (bicyclic) bond motifs is 1. The van der Waals surface area contributed by atoms with E-state index in [1.165, 1.54) is 0 Å². The van der Waals surface area contributed by atoms with E-state index >= 15 is 0 Å². The van der Waals surface area contributed by atoms with E-state index in [0.29, 0.717) is 17.6 Å². The summed E-state index contributed by atoms with van der Waals surface area (Å²) in [6.45, 7) is 0.469. The molecule has 2 N–H and O–H groups in total. The molecule has 0 fully saturated rings. The second kappa shape index (κ2) is 8.28. The van der Waals surface area contributed by atoms with E-state index in [1.54, 1.807) is 16.7 Å². The van der Waals surface area contributed by atoms with E-state index in [2.05, 4.69) is 31.5 Å². The summed E-state index contributed by atoms with van der Waals surface area (Å²) in [5.74, 6) is -0.0433. The van der Waals surface area contributed by atoms with Gasteiger partial charge in [-0.1, -0.05) is 69.6 Å². The zero-order chi connectivity index (χ0) is 20.2. The fourth-order valence-corrected chi connectivity index (χ4v) is 3.45. The molecule has 0 saturated heterocycles. The zero-order valence-corrected chi connectivity index (χ0v) is 16.9. The molecule has 144 valence electrons. The van der Waals surface area contributed by atoms with Crippen LogP contribution in [0.5, 0.6) is 5.88 Å². The van der Waals surface area contributed by atoms with Gasteiger partial charge >= 0.3 is 6.03 Å². The molecule has 0 aliphatic carbocycles. The van der Waals surface area contributed by atoms with Gasteiger partial charge in [-0.25, -0.2) is 4.79 Å². The maximum Gasteiger partial charge on any atom is 0.364 e. The third kappa shape index (κ3) is 4.20. The van der Waals surface area contributed by atoms with Gasteiger partial charge in [-0.2, -0.15) is 0 Å². The molecule has 0 spiro atoms. The summed E-state index contributed by atoms with van der Waals surface area (Å²) in [6, 6.07) is 23.8.